The summed E-state index contributed by atoms with van der Waals surface area (Å²) in [4.78, 5) is 49.8. The molecule has 2 N–H and O–H groups in total. The maximum Gasteiger partial charge on any atom is 0.265 e. The maximum atomic E-state index is 12.2. The summed E-state index contributed by atoms with van der Waals surface area (Å²) in [7, 11) is 0. The van der Waals surface area contributed by atoms with Crippen molar-refractivity contribution < 1.29 is 23.9 Å². The van der Waals surface area contributed by atoms with Gasteiger partial charge in [0.25, 0.3) is 11.8 Å². The van der Waals surface area contributed by atoms with E-state index in [-0.39, 0.29) is 37.7 Å². The van der Waals surface area contributed by atoms with Gasteiger partial charge in [-0.3, -0.25) is 34.9 Å². The molecule has 0 bridgehead atoms. The first-order chi connectivity index (χ1) is 14.3. The number of ether oxygens (including phenoxy) is 1. The molecule has 1 aliphatic heterocycles. The number of Topliss-reactive ketones (excluding diaryl/α,β-unsaturated/α-hetero) is 1. The third-order valence-electron chi connectivity index (χ3n) is 4.86. The number of hydrazine groups is 1. The molecule has 0 spiro atoms. The first kappa shape index (κ1) is 21.0. The Hall–Kier alpha value is -3.68. The normalized spacial score (nSPS) is 12.6. The van der Waals surface area contributed by atoms with E-state index in [0.29, 0.717) is 17.0 Å². The van der Waals surface area contributed by atoms with Crippen LogP contribution in [0.4, 0.5) is 5.69 Å². The number of anilines is 1. The van der Waals surface area contributed by atoms with Crippen molar-refractivity contribution in [3.63, 3.8) is 0 Å². The zero-order valence-electron chi connectivity index (χ0n) is 16.9. The number of aryl methyl sites for hydroxylation is 2. The number of carbonyl (C=O) groups excluding carboxylic acids is 4. The number of nitrogens with zero attached hydrogens (tertiary/aromatic N) is 1. The summed E-state index contributed by atoms with van der Waals surface area (Å²) < 4.78 is 5.33. The third-order valence-corrected chi connectivity index (χ3v) is 4.86. The molecular formula is C22H23N3O5. The fourth-order valence-corrected chi connectivity index (χ4v) is 3.00. The Bertz CT molecular complexity index is 1000. The highest BCUT2D eigenvalue weighted by Gasteiger charge is 2.27. The molecule has 8 nitrogen and oxygen atoms in total. The predicted octanol–water partition coefficient (Wildman–Crippen LogP) is 1.84. The number of benzene rings is 2. The molecule has 0 aliphatic carbocycles. The molecular weight excluding hydrogens is 386 g/mol. The third kappa shape index (κ3) is 5.02. The van der Waals surface area contributed by atoms with E-state index in [4.69, 9.17) is 4.74 Å². The number of carbonyl (C=O) groups is 4. The smallest absolute Gasteiger partial charge is 0.265 e. The van der Waals surface area contributed by atoms with Crippen LogP contribution in [0.3, 0.4) is 0 Å². The summed E-state index contributed by atoms with van der Waals surface area (Å²) in [5.41, 5.74) is 7.71. The summed E-state index contributed by atoms with van der Waals surface area (Å²) in [5, 5.41) is 0. The summed E-state index contributed by atoms with van der Waals surface area (Å²) in [6.45, 7) is 3.47. The standard InChI is InChI=1S/C22H23N3O5/c1-14-7-8-16(11-15(14)2)18(26)9-10-20(27)23-24-21(28)12-25-17-5-3-4-6-19(17)30-13-22(25)29/h3-8,11H,9-10,12-13H2,1-2H3,(H,23,27)(H,24,28). The van der Waals surface area contributed by atoms with Crippen LogP contribution >= 0.6 is 0 Å². The Labute approximate surface area is 174 Å². The van der Waals surface area contributed by atoms with E-state index in [2.05, 4.69) is 10.9 Å². The summed E-state index contributed by atoms with van der Waals surface area (Å²) in [5.74, 6) is -1.04. The van der Waals surface area contributed by atoms with Crippen LogP contribution in [0.2, 0.25) is 0 Å². The number of fused-ring (bicyclic) bond motifs is 1. The molecule has 156 valence electrons. The van der Waals surface area contributed by atoms with Crippen LogP contribution in [0.15, 0.2) is 42.5 Å². The first-order valence-electron chi connectivity index (χ1n) is 9.55. The van der Waals surface area contributed by atoms with Crippen molar-refractivity contribution in [3.8, 4) is 5.75 Å². The van der Waals surface area contributed by atoms with Gasteiger partial charge in [0.05, 0.1) is 5.69 Å². The molecule has 2 aromatic rings. The van der Waals surface area contributed by atoms with Crippen LogP contribution in [0.5, 0.6) is 5.75 Å². The van der Waals surface area contributed by atoms with E-state index in [1.54, 1.807) is 36.4 Å². The van der Waals surface area contributed by atoms with Gasteiger partial charge in [-0.05, 0) is 43.2 Å². The van der Waals surface area contributed by atoms with Gasteiger partial charge in [0.1, 0.15) is 12.3 Å². The molecule has 0 saturated carbocycles. The van der Waals surface area contributed by atoms with E-state index in [1.807, 2.05) is 19.9 Å². The van der Waals surface area contributed by atoms with Crippen LogP contribution in [0, 0.1) is 13.8 Å². The number of hydrogen-bond donors (Lipinski definition) is 2. The van der Waals surface area contributed by atoms with Crippen LogP contribution in [-0.2, 0) is 14.4 Å². The molecule has 1 aliphatic rings. The highest BCUT2D eigenvalue weighted by atomic mass is 16.5. The predicted molar refractivity (Wildman–Crippen MR) is 110 cm³/mol. The highest BCUT2D eigenvalue weighted by Crippen LogP contribution is 2.31. The van der Waals surface area contributed by atoms with Crippen molar-refractivity contribution in [2.45, 2.75) is 26.7 Å². The fourth-order valence-electron chi connectivity index (χ4n) is 3.00. The minimum atomic E-state index is -0.561. The Morgan fingerprint density at radius 1 is 0.967 bits per heavy atom. The van der Waals surface area contributed by atoms with E-state index in [9.17, 15) is 19.2 Å². The molecule has 1 heterocycles. The topological polar surface area (TPSA) is 105 Å². The first-order valence-corrected chi connectivity index (χ1v) is 9.55. The van der Waals surface area contributed by atoms with Crippen molar-refractivity contribution in [3.05, 3.63) is 59.2 Å². The van der Waals surface area contributed by atoms with E-state index >= 15 is 0 Å². The van der Waals surface area contributed by atoms with Crippen LogP contribution in [-0.4, -0.2) is 36.7 Å². The van der Waals surface area contributed by atoms with Gasteiger partial charge in [0.15, 0.2) is 12.4 Å². The van der Waals surface area contributed by atoms with Gasteiger partial charge in [-0.25, -0.2) is 0 Å². The number of ketones is 1. The number of para-hydroxylation sites is 2. The summed E-state index contributed by atoms with van der Waals surface area (Å²) in [6.07, 6.45) is -0.0368. The average molecular weight is 409 g/mol. The molecule has 0 radical (unpaired) electrons. The molecule has 0 aromatic heterocycles. The van der Waals surface area contributed by atoms with Gasteiger partial charge >= 0.3 is 0 Å². The van der Waals surface area contributed by atoms with Gasteiger partial charge in [0, 0.05) is 18.4 Å². The number of nitrogens with one attached hydrogen (secondary N) is 2. The fraction of sp³-hybridized carbons (Fsp3) is 0.273. The minimum Gasteiger partial charge on any atom is -0.482 e. The summed E-state index contributed by atoms with van der Waals surface area (Å²) >= 11 is 0. The molecule has 30 heavy (non-hydrogen) atoms. The lowest BCUT2D eigenvalue weighted by Crippen LogP contribution is -2.49. The molecule has 8 heteroatoms. The monoisotopic (exact) mass is 409 g/mol. The van der Waals surface area contributed by atoms with Gasteiger partial charge < -0.3 is 4.74 Å². The van der Waals surface area contributed by atoms with E-state index < -0.39 is 11.8 Å². The van der Waals surface area contributed by atoms with Gasteiger partial charge in [-0.1, -0.05) is 24.3 Å². The lowest BCUT2D eigenvalue weighted by Gasteiger charge is -2.28. The van der Waals surface area contributed by atoms with E-state index in [1.165, 1.54) is 4.90 Å². The molecule has 0 saturated heterocycles. The molecule has 0 fully saturated rings. The van der Waals surface area contributed by atoms with Crippen LogP contribution in [0.1, 0.15) is 34.3 Å². The number of hydrogen-bond acceptors (Lipinski definition) is 5. The largest absolute Gasteiger partial charge is 0.482 e. The zero-order valence-corrected chi connectivity index (χ0v) is 16.9. The Morgan fingerprint density at radius 3 is 2.47 bits per heavy atom. The van der Waals surface area contributed by atoms with Crippen molar-refractivity contribution >= 4 is 29.2 Å². The van der Waals surface area contributed by atoms with Gasteiger partial charge in [-0.15, -0.1) is 0 Å². The second kappa shape index (κ2) is 9.21. The van der Waals surface area contributed by atoms with Crippen molar-refractivity contribution in [1.82, 2.24) is 10.9 Å². The lowest BCUT2D eigenvalue weighted by atomic mass is 10.0. The average Bonchev–Trinajstić information content (AvgIpc) is 2.74. The Morgan fingerprint density at radius 2 is 1.70 bits per heavy atom. The van der Waals surface area contributed by atoms with Crippen LogP contribution in [0.25, 0.3) is 0 Å². The highest BCUT2D eigenvalue weighted by molar-refractivity contribution is 6.02. The number of rotatable bonds is 6. The SMILES string of the molecule is Cc1ccc(C(=O)CCC(=O)NNC(=O)CN2C(=O)COc3ccccc32)cc1C. The van der Waals surface area contributed by atoms with Gasteiger partial charge in [0.2, 0.25) is 5.91 Å². The van der Waals surface area contributed by atoms with Crippen LogP contribution < -0.4 is 20.5 Å². The molecule has 0 atom stereocenters. The zero-order chi connectivity index (χ0) is 21.7. The lowest BCUT2D eigenvalue weighted by molar-refractivity contribution is -0.129. The molecule has 3 amide bonds. The quantitative estimate of drug-likeness (QED) is 0.560. The minimum absolute atomic E-state index is 0.0273. The molecule has 0 unspecified atom stereocenters. The second-order valence-corrected chi connectivity index (χ2v) is 7.05. The van der Waals surface area contributed by atoms with Crippen molar-refractivity contribution in [1.29, 1.82) is 0 Å². The second-order valence-electron chi connectivity index (χ2n) is 7.05. The number of amides is 3. The van der Waals surface area contributed by atoms with Gasteiger partial charge in [-0.2, -0.15) is 0 Å². The molecule has 3 rings (SSSR count). The molecule has 2 aromatic carbocycles. The Kier molecular flexibility index (Phi) is 6.46. The Balaban J connectivity index is 1.47. The van der Waals surface area contributed by atoms with E-state index in [0.717, 1.165) is 11.1 Å². The maximum absolute atomic E-state index is 12.2. The summed E-state index contributed by atoms with van der Waals surface area (Å²) in [6, 6.07) is 12.3. The van der Waals surface area contributed by atoms with Crippen molar-refractivity contribution in [2.24, 2.45) is 0 Å². The van der Waals surface area contributed by atoms with Crippen molar-refractivity contribution in [2.75, 3.05) is 18.1 Å².